The molecule has 0 saturated carbocycles. The van der Waals surface area contributed by atoms with Crippen molar-refractivity contribution < 1.29 is 14.3 Å². The molecule has 5 heteroatoms. The summed E-state index contributed by atoms with van der Waals surface area (Å²) in [5.41, 5.74) is 0.561. The van der Waals surface area contributed by atoms with Gasteiger partial charge in [-0.25, -0.2) is 0 Å². The molecule has 2 N–H and O–H groups in total. The number of hydrogen-bond donors (Lipinski definition) is 2. The van der Waals surface area contributed by atoms with E-state index in [0.29, 0.717) is 17.9 Å². The van der Waals surface area contributed by atoms with E-state index in [1.807, 2.05) is 19.1 Å². The van der Waals surface area contributed by atoms with Crippen molar-refractivity contribution in [2.24, 2.45) is 0 Å². The Bertz CT molecular complexity index is 436. The number of methoxy groups -OCH3 is 1. The summed E-state index contributed by atoms with van der Waals surface area (Å²) < 4.78 is 10.8. The summed E-state index contributed by atoms with van der Waals surface area (Å²) in [6, 6.07) is 7.26. The van der Waals surface area contributed by atoms with E-state index >= 15 is 0 Å². The molecule has 1 aromatic rings. The largest absolute Gasteiger partial charge is 0.493 e. The summed E-state index contributed by atoms with van der Waals surface area (Å²) >= 11 is 0. The van der Waals surface area contributed by atoms with Gasteiger partial charge in [-0.05, 0) is 19.1 Å². The number of rotatable bonds is 5. The van der Waals surface area contributed by atoms with Crippen LogP contribution >= 0.6 is 0 Å². The zero-order chi connectivity index (χ0) is 13.7. The van der Waals surface area contributed by atoms with Crippen LogP contribution in [0.25, 0.3) is 0 Å². The minimum atomic E-state index is -0.125. The van der Waals surface area contributed by atoms with Crippen molar-refractivity contribution in [1.82, 2.24) is 10.6 Å². The highest BCUT2D eigenvalue weighted by Crippen LogP contribution is 2.18. The quantitative estimate of drug-likeness (QED) is 0.826. The lowest BCUT2D eigenvalue weighted by atomic mass is 10.1. The second-order valence-electron chi connectivity index (χ2n) is 4.44. The zero-order valence-electron chi connectivity index (χ0n) is 11.3. The number of amides is 1. The smallest absolute Gasteiger partial charge is 0.255 e. The lowest BCUT2D eigenvalue weighted by Gasteiger charge is -2.19. The van der Waals surface area contributed by atoms with Crippen LogP contribution < -0.4 is 15.4 Å². The second kappa shape index (κ2) is 6.54. The molecule has 1 aromatic carbocycles. The van der Waals surface area contributed by atoms with Crippen LogP contribution in [0.5, 0.6) is 5.75 Å². The molecule has 1 heterocycles. The summed E-state index contributed by atoms with van der Waals surface area (Å²) in [7, 11) is 1.66. The number of nitrogens with one attached hydrogen (secondary N) is 2. The maximum absolute atomic E-state index is 12.3. The van der Waals surface area contributed by atoms with E-state index < -0.39 is 0 Å². The van der Waals surface area contributed by atoms with E-state index in [2.05, 4.69) is 10.6 Å². The van der Waals surface area contributed by atoms with Gasteiger partial charge in [0.2, 0.25) is 0 Å². The summed E-state index contributed by atoms with van der Waals surface area (Å²) in [6.07, 6.45) is 0.0169. The Labute approximate surface area is 113 Å². The van der Waals surface area contributed by atoms with Gasteiger partial charge < -0.3 is 20.1 Å². The van der Waals surface area contributed by atoms with Crippen molar-refractivity contribution in [3.8, 4) is 5.75 Å². The van der Waals surface area contributed by atoms with Gasteiger partial charge in [0, 0.05) is 20.2 Å². The van der Waals surface area contributed by atoms with Gasteiger partial charge in [0.15, 0.2) is 0 Å². The fourth-order valence-electron chi connectivity index (χ4n) is 2.23. The van der Waals surface area contributed by atoms with Crippen LogP contribution in [0.4, 0.5) is 0 Å². The Morgan fingerprint density at radius 3 is 2.95 bits per heavy atom. The number of hydrogen-bond acceptors (Lipinski definition) is 4. The van der Waals surface area contributed by atoms with Gasteiger partial charge in [-0.2, -0.15) is 0 Å². The molecule has 0 spiro atoms. The molecule has 2 rings (SSSR count). The van der Waals surface area contributed by atoms with Crippen LogP contribution in [-0.2, 0) is 4.74 Å². The highest BCUT2D eigenvalue weighted by atomic mass is 16.5. The van der Waals surface area contributed by atoms with Crippen LogP contribution in [0.1, 0.15) is 17.3 Å². The van der Waals surface area contributed by atoms with Gasteiger partial charge in [-0.15, -0.1) is 0 Å². The van der Waals surface area contributed by atoms with Crippen molar-refractivity contribution in [1.29, 1.82) is 0 Å². The maximum atomic E-state index is 12.3. The third-order valence-electron chi connectivity index (χ3n) is 3.21. The van der Waals surface area contributed by atoms with Crippen LogP contribution in [0.3, 0.4) is 0 Å². The first kappa shape index (κ1) is 13.8. The van der Waals surface area contributed by atoms with Crippen molar-refractivity contribution in [3.63, 3.8) is 0 Å². The number of carbonyl (C=O) groups excluding carboxylic acids is 1. The van der Waals surface area contributed by atoms with Crippen LogP contribution in [0.2, 0.25) is 0 Å². The molecule has 104 valence electrons. The van der Waals surface area contributed by atoms with Crippen LogP contribution in [0.15, 0.2) is 24.3 Å². The number of carbonyl (C=O) groups is 1. The number of benzene rings is 1. The van der Waals surface area contributed by atoms with Crippen molar-refractivity contribution in [3.05, 3.63) is 29.8 Å². The molecular formula is C14H20N2O3. The van der Waals surface area contributed by atoms with Gasteiger partial charge in [0.25, 0.3) is 5.91 Å². The molecule has 1 unspecified atom stereocenters. The molecule has 5 nitrogen and oxygen atoms in total. The third-order valence-corrected chi connectivity index (χ3v) is 3.21. The van der Waals surface area contributed by atoms with Crippen LogP contribution in [0, 0.1) is 0 Å². The van der Waals surface area contributed by atoms with E-state index in [1.165, 1.54) is 0 Å². The first-order chi connectivity index (χ1) is 9.26. The molecule has 19 heavy (non-hydrogen) atoms. The molecular weight excluding hydrogens is 244 g/mol. The van der Waals surface area contributed by atoms with Gasteiger partial charge in [0.1, 0.15) is 5.75 Å². The topological polar surface area (TPSA) is 59.6 Å². The van der Waals surface area contributed by atoms with Crippen molar-refractivity contribution in [2.75, 3.05) is 26.8 Å². The average molecular weight is 264 g/mol. The summed E-state index contributed by atoms with van der Waals surface area (Å²) in [6.45, 7) is 3.92. The highest BCUT2D eigenvalue weighted by Gasteiger charge is 2.29. The van der Waals surface area contributed by atoms with Crippen molar-refractivity contribution >= 4 is 5.91 Å². The van der Waals surface area contributed by atoms with Gasteiger partial charge in [0.05, 0.1) is 24.3 Å². The monoisotopic (exact) mass is 264 g/mol. The Hall–Kier alpha value is -1.59. The first-order valence-corrected chi connectivity index (χ1v) is 6.52. The van der Waals surface area contributed by atoms with E-state index in [9.17, 15) is 4.79 Å². The molecule has 0 aromatic heterocycles. The minimum Gasteiger partial charge on any atom is -0.493 e. The van der Waals surface area contributed by atoms with Gasteiger partial charge in [-0.3, -0.25) is 4.79 Å². The molecule has 1 amide bonds. The molecule has 2 atom stereocenters. The van der Waals surface area contributed by atoms with E-state index in [0.717, 1.165) is 13.1 Å². The predicted octanol–water partition coefficient (Wildman–Crippen LogP) is 0.802. The highest BCUT2D eigenvalue weighted by molar-refractivity contribution is 5.97. The van der Waals surface area contributed by atoms with E-state index in [-0.39, 0.29) is 18.1 Å². The molecule has 0 aliphatic carbocycles. The molecule has 1 aliphatic heterocycles. The average Bonchev–Trinajstić information content (AvgIpc) is 2.87. The normalized spacial score (nSPS) is 22.2. The lowest BCUT2D eigenvalue weighted by molar-refractivity contribution is 0.0777. The third kappa shape index (κ3) is 3.24. The minimum absolute atomic E-state index is 0.00724. The van der Waals surface area contributed by atoms with E-state index in [4.69, 9.17) is 9.47 Å². The first-order valence-electron chi connectivity index (χ1n) is 6.52. The van der Waals surface area contributed by atoms with Gasteiger partial charge in [-0.1, -0.05) is 12.1 Å². The maximum Gasteiger partial charge on any atom is 0.255 e. The number of para-hydroxylation sites is 1. The van der Waals surface area contributed by atoms with E-state index in [1.54, 1.807) is 19.2 Å². The SMILES string of the molecule is CCOc1ccccc1C(=O)NC1CNC[C@@H]1OC. The summed E-state index contributed by atoms with van der Waals surface area (Å²) in [5.74, 6) is 0.488. The fourth-order valence-corrected chi connectivity index (χ4v) is 2.23. The molecule has 1 saturated heterocycles. The van der Waals surface area contributed by atoms with Gasteiger partial charge >= 0.3 is 0 Å². The van der Waals surface area contributed by atoms with Crippen molar-refractivity contribution in [2.45, 2.75) is 19.1 Å². The molecule has 1 fully saturated rings. The Kier molecular flexibility index (Phi) is 4.76. The Morgan fingerprint density at radius 1 is 1.42 bits per heavy atom. The Morgan fingerprint density at radius 2 is 2.21 bits per heavy atom. The number of ether oxygens (including phenoxy) is 2. The fraction of sp³-hybridized carbons (Fsp3) is 0.500. The summed E-state index contributed by atoms with van der Waals surface area (Å²) in [5, 5.41) is 6.19. The molecule has 0 radical (unpaired) electrons. The standard InChI is InChI=1S/C14H20N2O3/c1-3-19-12-7-5-4-6-10(12)14(17)16-11-8-15-9-13(11)18-2/h4-7,11,13,15H,3,8-9H2,1-2H3,(H,16,17)/t11?,13-/m0/s1. The molecule has 1 aliphatic rings. The Balaban J connectivity index is 2.07. The molecule has 0 bridgehead atoms. The zero-order valence-corrected chi connectivity index (χ0v) is 11.3. The lowest BCUT2D eigenvalue weighted by Crippen LogP contribution is -2.43. The summed E-state index contributed by atoms with van der Waals surface area (Å²) in [4.78, 5) is 12.3. The predicted molar refractivity (Wildman–Crippen MR) is 72.5 cm³/mol. The second-order valence-corrected chi connectivity index (χ2v) is 4.44. The van der Waals surface area contributed by atoms with Crippen LogP contribution in [-0.4, -0.2) is 44.9 Å².